The van der Waals surface area contributed by atoms with Crippen LogP contribution in [0.5, 0.6) is 0 Å². The minimum atomic E-state index is -0.795. The third-order valence-corrected chi connectivity index (χ3v) is 2.44. The monoisotopic (exact) mass is 206 g/mol. The summed E-state index contributed by atoms with van der Waals surface area (Å²) >= 11 is 10.9. The average Bonchev–Trinajstić information content (AvgIpc) is 2.07. The quantitative estimate of drug-likeness (QED) is 0.371. The van der Waals surface area contributed by atoms with Crippen molar-refractivity contribution in [2.75, 3.05) is 5.88 Å². The molecule has 0 unspecified atom stereocenters. The zero-order chi connectivity index (χ0) is 9.61. The van der Waals surface area contributed by atoms with Crippen molar-refractivity contribution in [3.63, 3.8) is 0 Å². The van der Waals surface area contributed by atoms with E-state index in [0.717, 1.165) is 6.42 Å². The molecule has 0 saturated carbocycles. The van der Waals surface area contributed by atoms with Crippen LogP contribution in [0.25, 0.3) is 0 Å². The van der Waals surface area contributed by atoms with E-state index >= 15 is 0 Å². The number of alkyl halides is 1. The van der Waals surface area contributed by atoms with Gasteiger partial charge in [-0.15, -0.1) is 24.8 Å². The molecule has 0 fully saturated rings. The van der Waals surface area contributed by atoms with Crippen molar-refractivity contribution >= 4 is 28.4 Å². The van der Waals surface area contributed by atoms with Crippen molar-refractivity contribution in [2.45, 2.75) is 12.8 Å². The van der Waals surface area contributed by atoms with E-state index in [-0.39, 0.29) is 0 Å². The van der Waals surface area contributed by atoms with Gasteiger partial charge in [0.1, 0.15) is 0 Å². The third kappa shape index (κ3) is 2.65. The summed E-state index contributed by atoms with van der Waals surface area (Å²) in [6.45, 7) is 7.12. The molecule has 0 aromatic carbocycles. The Morgan fingerprint density at radius 1 is 1.42 bits per heavy atom. The molecule has 0 aliphatic rings. The summed E-state index contributed by atoms with van der Waals surface area (Å²) in [5, 5.41) is -0.447. The molecule has 0 radical (unpaired) electrons. The highest BCUT2D eigenvalue weighted by molar-refractivity contribution is 6.65. The number of carbonyl (C=O) groups is 1. The summed E-state index contributed by atoms with van der Waals surface area (Å²) in [7, 11) is 0. The van der Waals surface area contributed by atoms with Crippen LogP contribution in [-0.2, 0) is 4.79 Å². The van der Waals surface area contributed by atoms with E-state index in [4.69, 9.17) is 23.2 Å². The van der Waals surface area contributed by atoms with Gasteiger partial charge in [0.05, 0.1) is 5.41 Å². The first-order valence-electron chi connectivity index (χ1n) is 3.66. The van der Waals surface area contributed by atoms with Gasteiger partial charge in [0.15, 0.2) is 0 Å². The largest absolute Gasteiger partial charge is 0.280 e. The maximum atomic E-state index is 11.0. The summed E-state index contributed by atoms with van der Waals surface area (Å²) in [6.07, 6.45) is 4.33. The predicted molar refractivity (Wildman–Crippen MR) is 53.6 cm³/mol. The van der Waals surface area contributed by atoms with E-state index in [2.05, 4.69) is 13.2 Å². The van der Waals surface area contributed by atoms with Crippen LogP contribution in [-0.4, -0.2) is 11.1 Å². The molecular weight excluding hydrogens is 195 g/mol. The molecule has 0 saturated heterocycles. The van der Waals surface area contributed by atoms with Crippen LogP contribution in [0.4, 0.5) is 0 Å². The van der Waals surface area contributed by atoms with Crippen LogP contribution >= 0.6 is 23.2 Å². The van der Waals surface area contributed by atoms with Crippen LogP contribution < -0.4 is 0 Å². The van der Waals surface area contributed by atoms with Gasteiger partial charge >= 0.3 is 0 Å². The molecule has 0 amide bonds. The smallest absolute Gasteiger partial charge is 0.235 e. The number of halogens is 2. The molecule has 0 aliphatic heterocycles. The average molecular weight is 207 g/mol. The van der Waals surface area contributed by atoms with Gasteiger partial charge in [0.2, 0.25) is 5.24 Å². The number of carbonyl (C=O) groups excluding carboxylic acids is 1. The van der Waals surface area contributed by atoms with E-state index in [1.165, 1.54) is 12.2 Å². The van der Waals surface area contributed by atoms with Crippen molar-refractivity contribution in [2.24, 2.45) is 5.41 Å². The van der Waals surface area contributed by atoms with Gasteiger partial charge in [-0.25, -0.2) is 0 Å². The molecule has 0 bridgehead atoms. The maximum absolute atomic E-state index is 11.0. The van der Waals surface area contributed by atoms with Gasteiger partial charge in [-0.05, 0) is 24.4 Å². The highest BCUT2D eigenvalue weighted by atomic mass is 35.5. The molecule has 0 aliphatic carbocycles. The van der Waals surface area contributed by atoms with Gasteiger partial charge < -0.3 is 0 Å². The Morgan fingerprint density at radius 2 is 1.92 bits per heavy atom. The van der Waals surface area contributed by atoms with Crippen molar-refractivity contribution in [1.29, 1.82) is 0 Å². The summed E-state index contributed by atoms with van der Waals surface area (Å²) < 4.78 is 0. The topological polar surface area (TPSA) is 17.1 Å². The first-order valence-corrected chi connectivity index (χ1v) is 4.57. The fraction of sp³-hybridized carbons (Fsp3) is 0.444. The number of rotatable bonds is 6. The van der Waals surface area contributed by atoms with Crippen LogP contribution in [0.1, 0.15) is 12.8 Å². The van der Waals surface area contributed by atoms with Crippen LogP contribution in [0.3, 0.4) is 0 Å². The van der Waals surface area contributed by atoms with E-state index in [1.807, 2.05) is 0 Å². The Balaban J connectivity index is 4.46. The standard InChI is InChI=1S/C9H12Cl2O/c1-3-9(4-2,8(11)12)6-5-7-10/h3-4H,1-2,5-7H2. The Morgan fingerprint density at radius 3 is 2.17 bits per heavy atom. The second kappa shape index (κ2) is 5.39. The van der Waals surface area contributed by atoms with Gasteiger partial charge in [0.25, 0.3) is 0 Å². The maximum Gasteiger partial charge on any atom is 0.235 e. The van der Waals surface area contributed by atoms with Gasteiger partial charge in [-0.1, -0.05) is 12.2 Å². The minimum absolute atomic E-state index is 0.447. The highest BCUT2D eigenvalue weighted by Gasteiger charge is 2.29. The Kier molecular flexibility index (Phi) is 5.27. The normalized spacial score (nSPS) is 10.8. The molecule has 68 valence electrons. The lowest BCUT2D eigenvalue weighted by Gasteiger charge is -2.20. The van der Waals surface area contributed by atoms with Gasteiger partial charge in [0, 0.05) is 5.88 Å². The van der Waals surface area contributed by atoms with Crippen molar-refractivity contribution in [1.82, 2.24) is 0 Å². The van der Waals surface area contributed by atoms with E-state index in [1.54, 1.807) is 0 Å². The summed E-state index contributed by atoms with van der Waals surface area (Å²) in [5.74, 6) is 0.508. The first-order chi connectivity index (χ1) is 5.63. The second-order valence-corrected chi connectivity index (χ2v) is 3.24. The van der Waals surface area contributed by atoms with Crippen LogP contribution in [0, 0.1) is 5.41 Å². The first kappa shape index (κ1) is 11.7. The zero-order valence-electron chi connectivity index (χ0n) is 6.85. The predicted octanol–water partition coefficient (Wildman–Crippen LogP) is 3.13. The van der Waals surface area contributed by atoms with Crippen molar-refractivity contribution in [3.05, 3.63) is 25.3 Å². The van der Waals surface area contributed by atoms with Crippen LogP contribution in [0.2, 0.25) is 0 Å². The molecule has 3 heteroatoms. The fourth-order valence-electron chi connectivity index (χ4n) is 0.906. The van der Waals surface area contributed by atoms with Gasteiger partial charge in [-0.3, -0.25) is 4.79 Å². The second-order valence-electron chi connectivity index (χ2n) is 2.51. The fourth-order valence-corrected chi connectivity index (χ4v) is 1.29. The van der Waals surface area contributed by atoms with Crippen molar-refractivity contribution < 1.29 is 4.79 Å². The SMILES string of the molecule is C=CC(C=C)(CCCCl)C(=O)Cl. The molecular formula is C9H12Cl2O. The minimum Gasteiger partial charge on any atom is -0.280 e. The Labute approximate surface area is 83.0 Å². The lowest BCUT2D eigenvalue weighted by molar-refractivity contribution is -0.116. The molecule has 0 rings (SSSR count). The zero-order valence-corrected chi connectivity index (χ0v) is 8.37. The highest BCUT2D eigenvalue weighted by Crippen LogP contribution is 2.29. The van der Waals surface area contributed by atoms with E-state index < -0.39 is 10.7 Å². The number of allylic oxidation sites excluding steroid dienone is 2. The van der Waals surface area contributed by atoms with Gasteiger partial charge in [-0.2, -0.15) is 0 Å². The van der Waals surface area contributed by atoms with Crippen LogP contribution in [0.15, 0.2) is 25.3 Å². The summed E-state index contributed by atoms with van der Waals surface area (Å²) in [6, 6.07) is 0. The van der Waals surface area contributed by atoms with Crippen molar-refractivity contribution in [3.8, 4) is 0 Å². The Hall–Kier alpha value is -0.270. The van der Waals surface area contributed by atoms with E-state index in [9.17, 15) is 4.79 Å². The molecule has 0 aromatic rings. The number of hydrogen-bond donors (Lipinski definition) is 0. The van der Waals surface area contributed by atoms with E-state index in [0.29, 0.717) is 12.3 Å². The molecule has 0 heterocycles. The molecule has 0 atom stereocenters. The number of hydrogen-bond acceptors (Lipinski definition) is 1. The lowest BCUT2D eigenvalue weighted by Crippen LogP contribution is -2.22. The Bertz CT molecular complexity index is 179. The third-order valence-electron chi connectivity index (χ3n) is 1.82. The summed E-state index contributed by atoms with van der Waals surface area (Å²) in [5.41, 5.74) is -0.795. The molecule has 1 nitrogen and oxygen atoms in total. The molecule has 0 spiro atoms. The molecule has 0 aromatic heterocycles. The summed E-state index contributed by atoms with van der Waals surface area (Å²) in [4.78, 5) is 11.0. The lowest BCUT2D eigenvalue weighted by atomic mass is 9.85. The molecule has 12 heavy (non-hydrogen) atoms. The molecule has 0 N–H and O–H groups in total.